The molecule has 0 saturated carbocycles. The van der Waals surface area contributed by atoms with Crippen molar-refractivity contribution in [1.29, 1.82) is 0 Å². The van der Waals surface area contributed by atoms with Crippen LogP contribution in [0.15, 0.2) is 108 Å². The van der Waals surface area contributed by atoms with E-state index in [4.69, 9.17) is 11.6 Å². The Morgan fingerprint density at radius 3 is 2.13 bits per heavy atom. The molecule has 5 rings (SSSR count). The molecule has 5 aromatic rings. The summed E-state index contributed by atoms with van der Waals surface area (Å²) in [5.41, 5.74) is -0.780. The Morgan fingerprint density at radius 1 is 0.848 bits per heavy atom. The Bertz CT molecular complexity index is 1860. The van der Waals surface area contributed by atoms with Gasteiger partial charge in [-0.3, -0.25) is 14.7 Å². The lowest BCUT2D eigenvalue weighted by molar-refractivity contribution is -0.138. The third-order valence-corrected chi connectivity index (χ3v) is 7.85. The highest BCUT2D eigenvalue weighted by molar-refractivity contribution is 8.00. The van der Waals surface area contributed by atoms with Crippen LogP contribution in [0.3, 0.4) is 0 Å². The maximum Gasteiger partial charge on any atom is 0.446 e. The van der Waals surface area contributed by atoms with E-state index < -0.39 is 29.5 Å². The Balaban J connectivity index is 1.26. The number of benzene rings is 4. The number of hydrogen-bond acceptors (Lipinski definition) is 5. The molecule has 46 heavy (non-hydrogen) atoms. The van der Waals surface area contributed by atoms with Crippen LogP contribution in [0, 0.1) is 0 Å². The monoisotopic (exact) mass is 666 g/mol. The van der Waals surface area contributed by atoms with E-state index in [1.807, 2.05) is 6.07 Å². The average Bonchev–Trinajstić information content (AvgIpc) is 3.35. The molecule has 1 heterocycles. The highest BCUT2D eigenvalue weighted by Gasteiger charge is 2.30. The van der Waals surface area contributed by atoms with Crippen LogP contribution in [0.4, 0.5) is 29.3 Å². The Hall–Kier alpha value is -4.78. The van der Waals surface area contributed by atoms with Crippen molar-refractivity contribution in [1.82, 2.24) is 9.88 Å². The van der Waals surface area contributed by atoms with E-state index >= 15 is 0 Å². The summed E-state index contributed by atoms with van der Waals surface area (Å²) in [4.78, 5) is 38.6. The van der Waals surface area contributed by atoms with E-state index in [2.05, 4.69) is 16.0 Å². The number of carboxylic acids is 1. The zero-order chi connectivity index (χ0) is 32.8. The highest BCUT2D eigenvalue weighted by Crippen LogP contribution is 2.37. The molecule has 2 amide bonds. The number of carbonyl (C=O) groups excluding carboxylic acids is 2. The van der Waals surface area contributed by atoms with Crippen molar-refractivity contribution in [2.75, 3.05) is 10.6 Å². The number of aliphatic carboxylic acids is 1. The number of thioether (sulfide) groups is 1. The molecule has 0 aliphatic rings. The van der Waals surface area contributed by atoms with Gasteiger partial charge >= 0.3 is 17.5 Å². The number of carboxylic acid groups (broad SMARTS) is 1. The number of aromatic nitrogens is 1. The SMILES string of the molecule is O=C(Nc1ccc(Cc2ccc(SC(F)(F)F)cc2)cc1)Nc1cn(C(=O)C(NCc2ccccc2)C(=O)O)c2ccc(Cl)cc12. The molecule has 1 aromatic heterocycles. The summed E-state index contributed by atoms with van der Waals surface area (Å²) in [5, 5.41) is 18.8. The maximum atomic E-state index is 13.4. The number of hydrogen-bond donors (Lipinski definition) is 4. The fourth-order valence-corrected chi connectivity index (χ4v) is 5.47. The summed E-state index contributed by atoms with van der Waals surface area (Å²) in [6.45, 7) is 0.147. The second-order valence-electron chi connectivity index (χ2n) is 10.2. The van der Waals surface area contributed by atoms with Crippen LogP contribution in [0.5, 0.6) is 0 Å². The molecular formula is C33H26ClF3N4O4S. The first kappa shape index (κ1) is 32.6. The summed E-state index contributed by atoms with van der Waals surface area (Å²) >= 11 is 6.04. The topological polar surface area (TPSA) is 112 Å². The van der Waals surface area contributed by atoms with E-state index in [9.17, 15) is 32.7 Å². The minimum Gasteiger partial charge on any atom is -0.480 e. The van der Waals surface area contributed by atoms with Crippen molar-refractivity contribution in [3.63, 3.8) is 0 Å². The first-order chi connectivity index (χ1) is 21.9. The van der Waals surface area contributed by atoms with E-state index in [1.54, 1.807) is 78.9 Å². The predicted octanol–water partition coefficient (Wildman–Crippen LogP) is 8.02. The van der Waals surface area contributed by atoms with Crippen LogP contribution in [0.25, 0.3) is 10.9 Å². The number of nitrogens with zero attached hydrogens (tertiary/aromatic N) is 1. The second-order valence-corrected chi connectivity index (χ2v) is 11.8. The minimum absolute atomic E-state index is 0.109. The molecule has 0 fully saturated rings. The molecule has 0 aliphatic heterocycles. The van der Waals surface area contributed by atoms with Crippen LogP contribution in [0.2, 0.25) is 5.02 Å². The first-order valence-corrected chi connectivity index (χ1v) is 15.0. The van der Waals surface area contributed by atoms with Gasteiger partial charge in [-0.25, -0.2) is 9.59 Å². The van der Waals surface area contributed by atoms with E-state index in [1.165, 1.54) is 22.9 Å². The summed E-state index contributed by atoms with van der Waals surface area (Å²) < 4.78 is 38.9. The van der Waals surface area contributed by atoms with Crippen LogP contribution in [0.1, 0.15) is 21.5 Å². The van der Waals surface area contributed by atoms with Gasteiger partial charge in [-0.05, 0) is 77.3 Å². The molecule has 0 aliphatic carbocycles. The predicted molar refractivity (Wildman–Crippen MR) is 173 cm³/mol. The molecular weight excluding hydrogens is 641 g/mol. The first-order valence-electron chi connectivity index (χ1n) is 13.8. The third-order valence-electron chi connectivity index (χ3n) is 6.88. The molecule has 4 N–H and O–H groups in total. The van der Waals surface area contributed by atoms with Crippen LogP contribution in [-0.2, 0) is 17.8 Å². The lowest BCUT2D eigenvalue weighted by Crippen LogP contribution is -2.45. The van der Waals surface area contributed by atoms with Gasteiger partial charge in [0.2, 0.25) is 0 Å². The van der Waals surface area contributed by atoms with Gasteiger partial charge in [-0.1, -0.05) is 66.2 Å². The number of fused-ring (bicyclic) bond motifs is 1. The van der Waals surface area contributed by atoms with E-state index in [-0.39, 0.29) is 28.9 Å². The molecule has 13 heteroatoms. The normalized spacial score (nSPS) is 12.1. The van der Waals surface area contributed by atoms with Crippen molar-refractivity contribution in [2.45, 2.75) is 29.4 Å². The van der Waals surface area contributed by atoms with Crippen molar-refractivity contribution in [3.05, 3.63) is 125 Å². The molecule has 1 atom stereocenters. The quantitative estimate of drug-likeness (QED) is 0.0887. The standard InChI is InChI=1S/C33H26ClF3N4O4S/c34-23-10-15-28-26(17-23)27(19-41(28)30(42)29(31(43)44)38-18-22-4-2-1-3-5-22)40-32(45)39-24-11-6-20(7-12-24)16-21-8-13-25(14-9-21)46-33(35,36)37/h1-15,17,19,29,38H,16,18H2,(H,43,44)(H2,39,40,45). The van der Waals surface area contributed by atoms with Crippen LogP contribution < -0.4 is 16.0 Å². The number of anilines is 2. The second kappa shape index (κ2) is 14.1. The average molecular weight is 667 g/mol. The lowest BCUT2D eigenvalue weighted by atomic mass is 10.0. The van der Waals surface area contributed by atoms with Crippen molar-refractivity contribution in [3.8, 4) is 0 Å². The number of amides is 2. The molecule has 0 saturated heterocycles. The molecule has 8 nitrogen and oxygen atoms in total. The lowest BCUT2D eigenvalue weighted by Gasteiger charge is -2.14. The molecule has 4 aromatic carbocycles. The smallest absolute Gasteiger partial charge is 0.446 e. The fourth-order valence-electron chi connectivity index (χ4n) is 4.75. The number of carbonyl (C=O) groups is 3. The summed E-state index contributed by atoms with van der Waals surface area (Å²) in [6, 6.07) is 24.6. The Morgan fingerprint density at radius 2 is 1.50 bits per heavy atom. The molecule has 0 radical (unpaired) electrons. The zero-order valence-electron chi connectivity index (χ0n) is 23.8. The molecule has 0 spiro atoms. The van der Waals surface area contributed by atoms with Crippen LogP contribution >= 0.6 is 23.4 Å². The van der Waals surface area contributed by atoms with E-state index in [0.29, 0.717) is 28.0 Å². The number of halogens is 4. The highest BCUT2D eigenvalue weighted by atomic mass is 35.5. The van der Waals surface area contributed by atoms with E-state index in [0.717, 1.165) is 16.7 Å². The minimum atomic E-state index is -4.35. The van der Waals surface area contributed by atoms with Gasteiger partial charge in [0.05, 0.1) is 11.2 Å². The number of nitrogens with one attached hydrogen (secondary N) is 3. The molecule has 236 valence electrons. The molecule has 1 unspecified atom stereocenters. The van der Waals surface area contributed by atoms with Crippen molar-refractivity contribution < 1.29 is 32.7 Å². The number of alkyl halides is 3. The van der Waals surface area contributed by atoms with Crippen molar-refractivity contribution in [2.24, 2.45) is 0 Å². The van der Waals surface area contributed by atoms with Crippen LogP contribution in [-0.4, -0.2) is 39.1 Å². The third kappa shape index (κ3) is 8.47. The Labute approximate surface area is 270 Å². The van der Waals surface area contributed by atoms with Crippen molar-refractivity contribution >= 4 is 63.5 Å². The van der Waals surface area contributed by atoms with Gasteiger partial charge in [0.15, 0.2) is 6.04 Å². The largest absolute Gasteiger partial charge is 0.480 e. The number of urea groups is 1. The number of rotatable bonds is 10. The van der Waals surface area contributed by atoms with Gasteiger partial charge in [0.1, 0.15) is 0 Å². The summed E-state index contributed by atoms with van der Waals surface area (Å²) in [7, 11) is 0. The van der Waals surface area contributed by atoms with Gasteiger partial charge < -0.3 is 15.7 Å². The summed E-state index contributed by atoms with van der Waals surface area (Å²) in [5.74, 6) is -2.11. The van der Waals surface area contributed by atoms with Gasteiger partial charge in [0, 0.05) is 33.7 Å². The van der Waals surface area contributed by atoms with Gasteiger partial charge in [0.25, 0.3) is 5.91 Å². The van der Waals surface area contributed by atoms with Gasteiger partial charge in [-0.2, -0.15) is 13.2 Å². The van der Waals surface area contributed by atoms with Gasteiger partial charge in [-0.15, -0.1) is 0 Å². The fraction of sp³-hybridized carbons (Fsp3) is 0.121. The maximum absolute atomic E-state index is 13.4. The zero-order valence-corrected chi connectivity index (χ0v) is 25.4. The summed E-state index contributed by atoms with van der Waals surface area (Å²) in [6.07, 6.45) is 1.83. The Kier molecular flexibility index (Phi) is 10.0. The molecule has 0 bridgehead atoms.